The van der Waals surface area contributed by atoms with Gasteiger partial charge >= 0.3 is 0 Å². The van der Waals surface area contributed by atoms with Gasteiger partial charge in [0, 0.05) is 23.7 Å². The molecule has 0 bridgehead atoms. The summed E-state index contributed by atoms with van der Waals surface area (Å²) in [7, 11) is 0.726. The minimum atomic E-state index is -3.58. The summed E-state index contributed by atoms with van der Waals surface area (Å²) in [5.74, 6) is 0.106. The number of ether oxygens (including phenoxy) is 2. The van der Waals surface area contributed by atoms with Gasteiger partial charge in [-0.1, -0.05) is 6.07 Å². The van der Waals surface area contributed by atoms with Crippen molar-refractivity contribution in [1.82, 2.24) is 0 Å². The van der Waals surface area contributed by atoms with E-state index in [-0.39, 0.29) is 17.0 Å². The molecule has 7 nitrogen and oxygen atoms in total. The predicted molar refractivity (Wildman–Crippen MR) is 114 cm³/mol. The number of benzene rings is 2. The van der Waals surface area contributed by atoms with Crippen LogP contribution in [0.5, 0.6) is 11.5 Å². The molecular formula is C19H24N2O5S2. The van der Waals surface area contributed by atoms with E-state index in [9.17, 15) is 13.2 Å². The molecule has 2 aromatic carbocycles. The number of rotatable bonds is 8. The van der Waals surface area contributed by atoms with Gasteiger partial charge in [-0.2, -0.15) is 0 Å². The van der Waals surface area contributed by atoms with E-state index in [0.717, 1.165) is 9.20 Å². The molecule has 0 atom stereocenters. The molecule has 0 fully saturated rings. The summed E-state index contributed by atoms with van der Waals surface area (Å²) >= 11 is 1.56. The highest BCUT2D eigenvalue weighted by Gasteiger charge is 2.25. The smallest absolute Gasteiger partial charge is 0.257 e. The number of nitrogens with one attached hydrogen (secondary N) is 1. The van der Waals surface area contributed by atoms with Crippen molar-refractivity contribution in [2.75, 3.05) is 42.9 Å². The van der Waals surface area contributed by atoms with Crippen LogP contribution in [-0.4, -0.2) is 47.6 Å². The average Bonchev–Trinajstić information content (AvgIpc) is 2.72. The van der Waals surface area contributed by atoms with Crippen LogP contribution in [0.1, 0.15) is 17.3 Å². The van der Waals surface area contributed by atoms with Gasteiger partial charge in [0.25, 0.3) is 5.91 Å². The molecule has 9 heteroatoms. The maximum atomic E-state index is 13.0. The quantitative estimate of drug-likeness (QED) is 0.653. The average molecular weight is 425 g/mol. The molecule has 1 amide bonds. The van der Waals surface area contributed by atoms with Crippen molar-refractivity contribution in [1.29, 1.82) is 0 Å². The lowest BCUT2D eigenvalue weighted by molar-refractivity contribution is 0.102. The molecule has 0 saturated carbocycles. The molecule has 0 aromatic heterocycles. The van der Waals surface area contributed by atoms with E-state index in [2.05, 4.69) is 5.32 Å². The Hall–Kier alpha value is -2.39. The van der Waals surface area contributed by atoms with Crippen LogP contribution in [0.2, 0.25) is 0 Å². The van der Waals surface area contributed by atoms with Gasteiger partial charge in [0.05, 0.1) is 31.2 Å². The van der Waals surface area contributed by atoms with Crippen LogP contribution >= 0.6 is 11.8 Å². The fraction of sp³-hybridized carbons (Fsp3) is 0.316. The third-order valence-corrected chi connectivity index (χ3v) is 6.68. The molecule has 152 valence electrons. The van der Waals surface area contributed by atoms with Crippen LogP contribution in [0.4, 0.5) is 11.4 Å². The zero-order chi connectivity index (χ0) is 20.9. The summed E-state index contributed by atoms with van der Waals surface area (Å²) in [6.07, 6.45) is 1.94. The van der Waals surface area contributed by atoms with Gasteiger partial charge in [0.15, 0.2) is 11.5 Å². The van der Waals surface area contributed by atoms with Crippen molar-refractivity contribution < 1.29 is 22.7 Å². The summed E-state index contributed by atoms with van der Waals surface area (Å²) in [5, 5.41) is 2.82. The van der Waals surface area contributed by atoms with Gasteiger partial charge in [0.1, 0.15) is 0 Å². The number of carbonyl (C=O) groups is 1. The summed E-state index contributed by atoms with van der Waals surface area (Å²) in [6.45, 7) is 1.54. The number of amides is 1. The van der Waals surface area contributed by atoms with Crippen molar-refractivity contribution in [3.63, 3.8) is 0 Å². The molecule has 0 aliphatic rings. The van der Waals surface area contributed by atoms with E-state index in [1.165, 1.54) is 33.4 Å². The van der Waals surface area contributed by atoms with Crippen molar-refractivity contribution in [3.8, 4) is 11.5 Å². The number of anilines is 2. The molecule has 0 unspecified atom stereocenters. The number of nitrogens with zero attached hydrogens (tertiary/aromatic N) is 1. The number of hydrogen-bond donors (Lipinski definition) is 1. The number of thioether (sulfide) groups is 1. The summed E-state index contributed by atoms with van der Waals surface area (Å²) in [6, 6.07) is 10.3. The Labute approximate surface area is 170 Å². The second-order valence-corrected chi connectivity index (χ2v) is 8.95. The lowest BCUT2D eigenvalue weighted by Gasteiger charge is -2.23. The molecule has 1 N–H and O–H groups in total. The second-order valence-electron chi connectivity index (χ2n) is 5.78. The first-order chi connectivity index (χ1) is 13.3. The van der Waals surface area contributed by atoms with E-state index < -0.39 is 15.9 Å². The maximum absolute atomic E-state index is 13.0. The van der Waals surface area contributed by atoms with Crippen LogP contribution in [-0.2, 0) is 10.0 Å². The Bertz CT molecular complexity index is 961. The highest BCUT2D eigenvalue weighted by atomic mass is 32.2. The lowest BCUT2D eigenvalue weighted by atomic mass is 10.1. The normalized spacial score (nSPS) is 11.0. The molecule has 0 aliphatic carbocycles. The minimum Gasteiger partial charge on any atom is -0.493 e. The van der Waals surface area contributed by atoms with Crippen LogP contribution in [0, 0.1) is 0 Å². The maximum Gasteiger partial charge on any atom is 0.257 e. The van der Waals surface area contributed by atoms with Gasteiger partial charge < -0.3 is 14.8 Å². The van der Waals surface area contributed by atoms with E-state index >= 15 is 0 Å². The molecule has 0 heterocycles. The molecule has 28 heavy (non-hydrogen) atoms. The predicted octanol–water partition coefficient (Wildman–Crippen LogP) is 3.46. The van der Waals surface area contributed by atoms with Crippen LogP contribution < -0.4 is 19.1 Å². The van der Waals surface area contributed by atoms with Crippen LogP contribution in [0.3, 0.4) is 0 Å². The largest absolute Gasteiger partial charge is 0.493 e. The third kappa shape index (κ3) is 4.71. The fourth-order valence-corrected chi connectivity index (χ4v) is 3.85. The molecule has 0 aliphatic heterocycles. The highest BCUT2D eigenvalue weighted by molar-refractivity contribution is 7.98. The van der Waals surface area contributed by atoms with Crippen molar-refractivity contribution in [2.24, 2.45) is 0 Å². The van der Waals surface area contributed by atoms with Gasteiger partial charge in [-0.3, -0.25) is 9.10 Å². The minimum absolute atomic E-state index is 0.103. The number of methoxy groups -OCH3 is 2. The lowest BCUT2D eigenvalue weighted by Crippen LogP contribution is -2.30. The molecule has 0 spiro atoms. The number of hydrogen-bond acceptors (Lipinski definition) is 6. The van der Waals surface area contributed by atoms with E-state index in [0.29, 0.717) is 17.2 Å². The Kier molecular flexibility index (Phi) is 7.20. The molecule has 2 aromatic rings. The van der Waals surface area contributed by atoms with E-state index in [1.807, 2.05) is 24.5 Å². The van der Waals surface area contributed by atoms with E-state index in [4.69, 9.17) is 9.47 Å². The first kappa shape index (κ1) is 21.9. The first-order valence-corrected chi connectivity index (χ1v) is 11.3. The Morgan fingerprint density at radius 3 is 2.36 bits per heavy atom. The SMILES string of the molecule is CCS(=O)(=O)N(C)c1cc(OC)c(OC)cc1C(=O)Nc1cccc(SC)c1. The highest BCUT2D eigenvalue weighted by Crippen LogP contribution is 2.36. The van der Waals surface area contributed by atoms with Crippen molar-refractivity contribution >= 4 is 39.1 Å². The topological polar surface area (TPSA) is 84.9 Å². The molecule has 0 saturated heterocycles. The summed E-state index contributed by atoms with van der Waals surface area (Å²) in [5.41, 5.74) is 0.975. The third-order valence-electron chi connectivity index (χ3n) is 4.20. The van der Waals surface area contributed by atoms with Crippen LogP contribution in [0.15, 0.2) is 41.3 Å². The zero-order valence-electron chi connectivity index (χ0n) is 16.5. The van der Waals surface area contributed by atoms with Crippen LogP contribution in [0.25, 0.3) is 0 Å². The van der Waals surface area contributed by atoms with Crippen molar-refractivity contribution in [2.45, 2.75) is 11.8 Å². The van der Waals surface area contributed by atoms with Crippen molar-refractivity contribution in [3.05, 3.63) is 42.0 Å². The Morgan fingerprint density at radius 1 is 1.14 bits per heavy atom. The Balaban J connectivity index is 2.54. The van der Waals surface area contributed by atoms with E-state index in [1.54, 1.807) is 24.8 Å². The second kappa shape index (κ2) is 9.20. The monoisotopic (exact) mass is 424 g/mol. The first-order valence-electron chi connectivity index (χ1n) is 8.45. The van der Waals surface area contributed by atoms with Gasteiger partial charge in [-0.25, -0.2) is 8.42 Å². The fourth-order valence-electron chi connectivity index (χ4n) is 2.55. The van der Waals surface area contributed by atoms with Gasteiger partial charge in [-0.05, 0) is 37.4 Å². The summed E-state index contributed by atoms with van der Waals surface area (Å²) < 4.78 is 36.4. The number of sulfonamides is 1. The molecular weight excluding hydrogens is 400 g/mol. The van der Waals surface area contributed by atoms with Gasteiger partial charge in [-0.15, -0.1) is 11.8 Å². The number of carbonyl (C=O) groups excluding carboxylic acids is 1. The Morgan fingerprint density at radius 2 is 1.79 bits per heavy atom. The van der Waals surface area contributed by atoms with Gasteiger partial charge in [0.2, 0.25) is 10.0 Å². The molecule has 0 radical (unpaired) electrons. The summed E-state index contributed by atoms with van der Waals surface area (Å²) in [4.78, 5) is 14.0. The standard InChI is InChI=1S/C19H24N2O5S2/c1-6-28(23,24)21(2)16-12-18(26-4)17(25-3)11-15(16)19(22)20-13-8-7-9-14(10-13)27-5/h7-12H,6H2,1-5H3,(H,20,22). The molecule has 2 rings (SSSR count). The zero-order valence-corrected chi connectivity index (χ0v) is 18.1.